The summed E-state index contributed by atoms with van der Waals surface area (Å²) in [4.78, 5) is 10.6. The average molecular weight is 223 g/mol. The summed E-state index contributed by atoms with van der Waals surface area (Å²) in [6, 6.07) is 0.475. The summed E-state index contributed by atoms with van der Waals surface area (Å²) in [6.45, 7) is 1.57. The highest BCUT2D eigenvalue weighted by Gasteiger charge is 2.19. The van der Waals surface area contributed by atoms with Gasteiger partial charge in [-0.05, 0) is 12.8 Å². The minimum absolute atomic E-state index is 0.0612. The van der Waals surface area contributed by atoms with Crippen LogP contribution in [-0.4, -0.2) is 41.4 Å². The predicted octanol–water partition coefficient (Wildman–Crippen LogP) is 0.584. The van der Waals surface area contributed by atoms with Crippen molar-refractivity contribution in [1.82, 2.24) is 9.97 Å². The van der Waals surface area contributed by atoms with Crippen LogP contribution in [0.4, 0.5) is 5.82 Å². The van der Waals surface area contributed by atoms with Gasteiger partial charge in [-0.1, -0.05) is 0 Å². The molecule has 0 aliphatic carbocycles. The molecule has 0 amide bonds. The van der Waals surface area contributed by atoms with E-state index in [0.29, 0.717) is 11.7 Å². The molecule has 16 heavy (non-hydrogen) atoms. The van der Waals surface area contributed by atoms with Gasteiger partial charge in [-0.25, -0.2) is 4.98 Å². The highest BCUT2D eigenvalue weighted by atomic mass is 16.5. The molecule has 0 saturated carbocycles. The van der Waals surface area contributed by atoms with E-state index in [9.17, 15) is 0 Å². The monoisotopic (exact) mass is 223 g/mol. The number of aromatic nitrogens is 2. The lowest BCUT2D eigenvalue weighted by Crippen LogP contribution is -2.37. The maximum absolute atomic E-state index is 8.88. The average Bonchev–Trinajstić information content (AvgIpc) is 2.39. The lowest BCUT2D eigenvalue weighted by Gasteiger charge is -2.31. The number of anilines is 1. The maximum atomic E-state index is 8.88. The van der Waals surface area contributed by atoms with Crippen LogP contribution in [0.15, 0.2) is 12.4 Å². The number of hydrogen-bond donors (Lipinski definition) is 1. The van der Waals surface area contributed by atoms with Gasteiger partial charge in [0.1, 0.15) is 5.82 Å². The van der Waals surface area contributed by atoms with Crippen molar-refractivity contribution in [2.45, 2.75) is 25.5 Å². The van der Waals surface area contributed by atoms with E-state index in [1.165, 1.54) is 0 Å². The van der Waals surface area contributed by atoms with Gasteiger partial charge in [-0.15, -0.1) is 0 Å². The number of rotatable bonds is 3. The molecule has 2 rings (SSSR count). The molecule has 1 aromatic rings. The van der Waals surface area contributed by atoms with Crippen LogP contribution >= 0.6 is 0 Å². The van der Waals surface area contributed by atoms with E-state index >= 15 is 0 Å². The Morgan fingerprint density at radius 2 is 2.12 bits per heavy atom. The highest BCUT2D eigenvalue weighted by molar-refractivity contribution is 5.36. The van der Waals surface area contributed by atoms with Crippen molar-refractivity contribution in [3.05, 3.63) is 18.1 Å². The molecule has 0 aromatic carbocycles. The fourth-order valence-electron chi connectivity index (χ4n) is 1.87. The standard InChI is InChI=1S/C11H17N3O2/c1-14(10-2-4-16-5-3-10)11-7-12-9(8-15)6-13-11/h6-7,10,15H,2-5,8H2,1H3. The van der Waals surface area contributed by atoms with Gasteiger partial charge in [0.25, 0.3) is 0 Å². The molecule has 0 radical (unpaired) electrons. The fraction of sp³-hybridized carbons (Fsp3) is 0.636. The second-order valence-corrected chi connectivity index (χ2v) is 3.98. The summed E-state index contributed by atoms with van der Waals surface area (Å²) in [5.74, 6) is 0.851. The third-order valence-corrected chi connectivity index (χ3v) is 2.95. The van der Waals surface area contributed by atoms with Crippen LogP contribution in [0.2, 0.25) is 0 Å². The zero-order chi connectivity index (χ0) is 11.4. The van der Waals surface area contributed by atoms with Crippen molar-refractivity contribution in [3.8, 4) is 0 Å². The van der Waals surface area contributed by atoms with Gasteiger partial charge in [0.05, 0.1) is 24.7 Å². The number of nitrogens with zero attached hydrogens (tertiary/aromatic N) is 3. The second-order valence-electron chi connectivity index (χ2n) is 3.98. The molecule has 5 nitrogen and oxygen atoms in total. The molecular formula is C11H17N3O2. The Morgan fingerprint density at radius 1 is 1.38 bits per heavy atom. The van der Waals surface area contributed by atoms with E-state index in [1.54, 1.807) is 12.4 Å². The Morgan fingerprint density at radius 3 is 2.69 bits per heavy atom. The fourth-order valence-corrected chi connectivity index (χ4v) is 1.87. The van der Waals surface area contributed by atoms with E-state index < -0.39 is 0 Å². The second kappa shape index (κ2) is 5.23. The smallest absolute Gasteiger partial charge is 0.147 e. The summed E-state index contributed by atoms with van der Waals surface area (Å²) in [7, 11) is 2.03. The zero-order valence-electron chi connectivity index (χ0n) is 9.46. The third-order valence-electron chi connectivity index (χ3n) is 2.95. The van der Waals surface area contributed by atoms with E-state index in [4.69, 9.17) is 9.84 Å². The van der Waals surface area contributed by atoms with Crippen LogP contribution in [0.25, 0.3) is 0 Å². The third kappa shape index (κ3) is 2.48. The first-order valence-electron chi connectivity index (χ1n) is 5.53. The molecule has 1 N–H and O–H groups in total. The van der Waals surface area contributed by atoms with E-state index in [2.05, 4.69) is 14.9 Å². The molecule has 1 fully saturated rings. The molecule has 5 heteroatoms. The number of aliphatic hydroxyl groups excluding tert-OH is 1. The van der Waals surface area contributed by atoms with Gasteiger partial charge < -0.3 is 14.7 Å². The van der Waals surface area contributed by atoms with Crippen LogP contribution in [0.1, 0.15) is 18.5 Å². The van der Waals surface area contributed by atoms with Crippen LogP contribution in [0.5, 0.6) is 0 Å². The van der Waals surface area contributed by atoms with Crippen molar-refractivity contribution in [2.24, 2.45) is 0 Å². The van der Waals surface area contributed by atoms with Gasteiger partial charge in [0, 0.05) is 26.3 Å². The Labute approximate surface area is 95.1 Å². The Hall–Kier alpha value is -1.20. The maximum Gasteiger partial charge on any atom is 0.147 e. The van der Waals surface area contributed by atoms with Gasteiger partial charge in [0.15, 0.2) is 0 Å². The zero-order valence-corrected chi connectivity index (χ0v) is 9.46. The topological polar surface area (TPSA) is 58.5 Å². The van der Waals surface area contributed by atoms with Crippen LogP contribution < -0.4 is 4.90 Å². The van der Waals surface area contributed by atoms with E-state index in [-0.39, 0.29) is 6.61 Å². The molecule has 1 aliphatic rings. The summed E-state index contributed by atoms with van der Waals surface area (Å²) in [5.41, 5.74) is 0.601. The number of hydrogen-bond acceptors (Lipinski definition) is 5. The van der Waals surface area contributed by atoms with Gasteiger partial charge in [-0.2, -0.15) is 0 Å². The lowest BCUT2D eigenvalue weighted by molar-refractivity contribution is 0.0853. The van der Waals surface area contributed by atoms with Crippen molar-refractivity contribution in [1.29, 1.82) is 0 Å². The lowest BCUT2D eigenvalue weighted by atomic mass is 10.1. The van der Waals surface area contributed by atoms with Gasteiger partial charge in [0.2, 0.25) is 0 Å². The molecule has 0 unspecified atom stereocenters. The summed E-state index contributed by atoms with van der Waals surface area (Å²) in [6.07, 6.45) is 5.38. The van der Waals surface area contributed by atoms with Crippen LogP contribution in [0, 0.1) is 0 Å². The van der Waals surface area contributed by atoms with Gasteiger partial charge >= 0.3 is 0 Å². The first kappa shape index (κ1) is 11.3. The molecule has 2 heterocycles. The number of ether oxygens (including phenoxy) is 1. The molecule has 0 atom stereocenters. The Kier molecular flexibility index (Phi) is 3.69. The van der Waals surface area contributed by atoms with Crippen molar-refractivity contribution in [3.63, 3.8) is 0 Å². The molecule has 0 spiro atoms. The quantitative estimate of drug-likeness (QED) is 0.812. The minimum atomic E-state index is -0.0612. The molecule has 1 aliphatic heterocycles. The molecule has 1 aromatic heterocycles. The van der Waals surface area contributed by atoms with E-state index in [1.807, 2.05) is 7.05 Å². The van der Waals surface area contributed by atoms with Gasteiger partial charge in [-0.3, -0.25) is 4.98 Å². The highest BCUT2D eigenvalue weighted by Crippen LogP contribution is 2.18. The summed E-state index contributed by atoms with van der Waals surface area (Å²) < 4.78 is 5.33. The summed E-state index contributed by atoms with van der Waals surface area (Å²) in [5, 5.41) is 8.88. The van der Waals surface area contributed by atoms with Crippen LogP contribution in [-0.2, 0) is 11.3 Å². The minimum Gasteiger partial charge on any atom is -0.390 e. The van der Waals surface area contributed by atoms with Crippen molar-refractivity contribution < 1.29 is 9.84 Å². The molecule has 0 bridgehead atoms. The first-order chi connectivity index (χ1) is 7.81. The summed E-state index contributed by atoms with van der Waals surface area (Å²) >= 11 is 0. The SMILES string of the molecule is CN(c1cnc(CO)cn1)C1CCOCC1. The molecule has 88 valence electrons. The van der Waals surface area contributed by atoms with E-state index in [0.717, 1.165) is 31.9 Å². The number of aliphatic hydroxyl groups is 1. The molecule has 1 saturated heterocycles. The molecular weight excluding hydrogens is 206 g/mol. The first-order valence-corrected chi connectivity index (χ1v) is 5.53. The normalized spacial score (nSPS) is 17.4. The van der Waals surface area contributed by atoms with Crippen molar-refractivity contribution >= 4 is 5.82 Å². The Balaban J connectivity index is 2.04. The van der Waals surface area contributed by atoms with Crippen LogP contribution in [0.3, 0.4) is 0 Å². The largest absolute Gasteiger partial charge is 0.390 e. The van der Waals surface area contributed by atoms with Crippen molar-refractivity contribution in [2.75, 3.05) is 25.2 Å². The predicted molar refractivity (Wildman–Crippen MR) is 60.2 cm³/mol. The Bertz CT molecular complexity index is 323.